The number of allylic oxidation sites excluding steroid dienone is 3. The van der Waals surface area contributed by atoms with Crippen molar-refractivity contribution < 1.29 is 8.42 Å². The Labute approximate surface area is 130 Å². The molecule has 0 bridgehead atoms. The predicted molar refractivity (Wildman–Crippen MR) is 86.3 cm³/mol. The maximum atomic E-state index is 12.1. The third-order valence-electron chi connectivity index (χ3n) is 2.55. The number of aliphatic imine (C=N–C) groups is 1. The Bertz CT molecular complexity index is 648. The molecule has 5 nitrogen and oxygen atoms in total. The standard InChI is InChI=1S/C12H14BrN3O2S2/c13-9-3-5-11(6-4-9)20(17,18)16-12(14)15-8-10-2-1-7-19-10/h1-3,5-7,9H,4,8H2,(H3,14,15,16). The summed E-state index contributed by atoms with van der Waals surface area (Å²) in [5.74, 6) is -0.103. The van der Waals surface area contributed by atoms with E-state index in [1.54, 1.807) is 29.6 Å². The number of hydrogen-bond donors (Lipinski definition) is 2. The van der Waals surface area contributed by atoms with E-state index in [2.05, 4.69) is 25.6 Å². The van der Waals surface area contributed by atoms with Gasteiger partial charge in [0.1, 0.15) is 0 Å². The smallest absolute Gasteiger partial charge is 0.263 e. The Morgan fingerprint density at radius 2 is 2.40 bits per heavy atom. The molecule has 1 heterocycles. The number of halogens is 1. The van der Waals surface area contributed by atoms with Gasteiger partial charge in [-0.2, -0.15) is 0 Å². The monoisotopic (exact) mass is 375 g/mol. The first-order valence-electron chi connectivity index (χ1n) is 5.85. The lowest BCUT2D eigenvalue weighted by atomic mass is 10.2. The summed E-state index contributed by atoms with van der Waals surface area (Å²) in [4.78, 5) is 5.42. The summed E-state index contributed by atoms with van der Waals surface area (Å²) in [5, 5.41) is 1.93. The van der Waals surface area contributed by atoms with Gasteiger partial charge in [0.25, 0.3) is 10.0 Å². The second-order valence-electron chi connectivity index (χ2n) is 4.10. The highest BCUT2D eigenvalue weighted by atomic mass is 79.9. The fourth-order valence-corrected chi connectivity index (χ4v) is 3.57. The van der Waals surface area contributed by atoms with Crippen LogP contribution in [0.2, 0.25) is 0 Å². The zero-order valence-corrected chi connectivity index (χ0v) is 13.7. The summed E-state index contributed by atoms with van der Waals surface area (Å²) >= 11 is 4.93. The minimum atomic E-state index is -3.65. The summed E-state index contributed by atoms with van der Waals surface area (Å²) in [7, 11) is -3.65. The molecule has 0 aliphatic heterocycles. The van der Waals surface area contributed by atoms with E-state index in [9.17, 15) is 8.42 Å². The number of nitrogens with two attached hydrogens (primary N) is 1. The SMILES string of the molecule is NC(=NCc1cccs1)NS(=O)(=O)C1=CCC(Br)C=C1. The third kappa shape index (κ3) is 4.19. The molecule has 8 heteroatoms. The van der Waals surface area contributed by atoms with Crippen LogP contribution in [0.1, 0.15) is 11.3 Å². The van der Waals surface area contributed by atoms with Gasteiger partial charge in [-0.1, -0.05) is 34.1 Å². The first-order valence-corrected chi connectivity index (χ1v) is 9.13. The number of hydrogen-bond acceptors (Lipinski definition) is 4. The normalized spacial score (nSPS) is 19.8. The molecule has 2 rings (SSSR count). The number of nitrogens with one attached hydrogen (secondary N) is 1. The van der Waals surface area contributed by atoms with Crippen molar-refractivity contribution in [3.63, 3.8) is 0 Å². The van der Waals surface area contributed by atoms with E-state index < -0.39 is 10.0 Å². The van der Waals surface area contributed by atoms with Gasteiger partial charge in [-0.25, -0.2) is 18.1 Å². The van der Waals surface area contributed by atoms with E-state index in [0.717, 1.165) is 4.88 Å². The fourth-order valence-electron chi connectivity index (χ4n) is 1.57. The molecule has 0 fully saturated rings. The van der Waals surface area contributed by atoms with Crippen LogP contribution in [-0.4, -0.2) is 19.2 Å². The molecule has 108 valence electrons. The lowest BCUT2D eigenvalue weighted by Gasteiger charge is -2.12. The fraction of sp³-hybridized carbons (Fsp3) is 0.250. The molecule has 3 N–H and O–H groups in total. The van der Waals surface area contributed by atoms with E-state index in [0.29, 0.717) is 13.0 Å². The number of guanidine groups is 1. The topological polar surface area (TPSA) is 84.5 Å². The van der Waals surface area contributed by atoms with Crippen molar-refractivity contribution in [3.8, 4) is 0 Å². The molecular formula is C12H14BrN3O2S2. The van der Waals surface area contributed by atoms with Crippen molar-refractivity contribution in [2.24, 2.45) is 10.7 Å². The van der Waals surface area contributed by atoms with Crippen LogP contribution in [0.3, 0.4) is 0 Å². The maximum absolute atomic E-state index is 12.1. The van der Waals surface area contributed by atoms with Gasteiger partial charge in [0.05, 0.1) is 11.4 Å². The molecule has 1 unspecified atom stereocenters. The van der Waals surface area contributed by atoms with Crippen molar-refractivity contribution in [2.45, 2.75) is 17.8 Å². The average molecular weight is 376 g/mol. The predicted octanol–water partition coefficient (Wildman–Crippen LogP) is 2.09. The molecule has 1 aliphatic carbocycles. The van der Waals surface area contributed by atoms with Crippen molar-refractivity contribution in [2.75, 3.05) is 0 Å². The number of nitrogens with zero attached hydrogens (tertiary/aromatic N) is 1. The van der Waals surface area contributed by atoms with Gasteiger partial charge in [0.2, 0.25) is 5.96 Å². The van der Waals surface area contributed by atoms with Gasteiger partial charge in [-0.3, -0.25) is 0 Å². The minimum Gasteiger partial charge on any atom is -0.369 e. The van der Waals surface area contributed by atoms with Crippen LogP contribution in [-0.2, 0) is 16.6 Å². The Morgan fingerprint density at radius 3 is 3.00 bits per heavy atom. The van der Waals surface area contributed by atoms with Crippen LogP contribution in [0.25, 0.3) is 0 Å². The second-order valence-corrected chi connectivity index (χ2v) is 7.99. The molecule has 0 aromatic carbocycles. The zero-order chi connectivity index (χ0) is 14.6. The summed E-state index contributed by atoms with van der Waals surface area (Å²) in [6, 6.07) is 3.82. The first kappa shape index (κ1) is 15.3. The lowest BCUT2D eigenvalue weighted by Crippen LogP contribution is -2.37. The van der Waals surface area contributed by atoms with Crippen LogP contribution in [0, 0.1) is 0 Å². The Hall–Kier alpha value is -1.12. The van der Waals surface area contributed by atoms with Crippen LogP contribution < -0.4 is 10.5 Å². The third-order valence-corrected chi connectivity index (χ3v) is 5.49. The highest BCUT2D eigenvalue weighted by molar-refractivity contribution is 9.09. The molecule has 0 saturated heterocycles. The second kappa shape index (κ2) is 6.55. The van der Waals surface area contributed by atoms with Crippen LogP contribution in [0.4, 0.5) is 0 Å². The summed E-state index contributed by atoms with van der Waals surface area (Å²) < 4.78 is 26.4. The summed E-state index contributed by atoms with van der Waals surface area (Å²) in [6.07, 6.45) is 5.61. The van der Waals surface area contributed by atoms with Crippen LogP contribution in [0.5, 0.6) is 0 Å². The highest BCUT2D eigenvalue weighted by Crippen LogP contribution is 2.19. The molecule has 0 saturated carbocycles. The number of thiophene rings is 1. The Kier molecular flexibility index (Phi) is 5.00. The van der Waals surface area contributed by atoms with Gasteiger partial charge in [-0.15, -0.1) is 11.3 Å². The average Bonchev–Trinajstić information content (AvgIpc) is 2.89. The van der Waals surface area contributed by atoms with Gasteiger partial charge in [-0.05, 0) is 23.9 Å². The maximum Gasteiger partial charge on any atom is 0.263 e. The molecule has 1 atom stereocenters. The molecule has 0 spiro atoms. The van der Waals surface area contributed by atoms with E-state index in [1.165, 1.54) is 0 Å². The molecular weight excluding hydrogens is 362 g/mol. The molecule has 1 aromatic rings. The molecule has 0 amide bonds. The van der Waals surface area contributed by atoms with Gasteiger partial charge in [0, 0.05) is 9.70 Å². The molecule has 1 aliphatic rings. The van der Waals surface area contributed by atoms with Gasteiger partial charge in [0.15, 0.2) is 0 Å². The van der Waals surface area contributed by atoms with Crippen molar-refractivity contribution in [1.29, 1.82) is 0 Å². The quantitative estimate of drug-likeness (QED) is 0.480. The number of sulfonamides is 1. The minimum absolute atomic E-state index is 0.103. The molecule has 20 heavy (non-hydrogen) atoms. The van der Waals surface area contributed by atoms with Gasteiger partial charge < -0.3 is 5.73 Å². The van der Waals surface area contributed by atoms with Crippen LogP contribution in [0.15, 0.2) is 45.6 Å². The Balaban J connectivity index is 2.01. The lowest BCUT2D eigenvalue weighted by molar-refractivity contribution is 0.599. The summed E-state index contributed by atoms with van der Waals surface area (Å²) in [6.45, 7) is 0.365. The molecule has 1 aromatic heterocycles. The zero-order valence-electron chi connectivity index (χ0n) is 10.5. The largest absolute Gasteiger partial charge is 0.369 e. The highest BCUT2D eigenvalue weighted by Gasteiger charge is 2.19. The number of rotatable bonds is 4. The molecule has 0 radical (unpaired) electrons. The van der Waals surface area contributed by atoms with Crippen molar-refractivity contribution in [1.82, 2.24) is 4.72 Å². The van der Waals surface area contributed by atoms with Gasteiger partial charge >= 0.3 is 0 Å². The summed E-state index contributed by atoms with van der Waals surface area (Å²) in [5.41, 5.74) is 5.61. The van der Waals surface area contributed by atoms with Crippen molar-refractivity contribution >= 4 is 43.2 Å². The van der Waals surface area contributed by atoms with Crippen LogP contribution >= 0.6 is 27.3 Å². The van der Waals surface area contributed by atoms with E-state index in [1.807, 2.05) is 17.5 Å². The number of alkyl halides is 1. The van der Waals surface area contributed by atoms with E-state index in [4.69, 9.17) is 5.73 Å². The van der Waals surface area contributed by atoms with E-state index >= 15 is 0 Å². The Morgan fingerprint density at radius 1 is 1.60 bits per heavy atom. The first-order chi connectivity index (χ1) is 9.47. The van der Waals surface area contributed by atoms with Crippen molar-refractivity contribution in [3.05, 3.63) is 45.5 Å². The van der Waals surface area contributed by atoms with E-state index in [-0.39, 0.29) is 15.7 Å².